The number of ether oxygens (including phenoxy) is 1. The fourth-order valence-corrected chi connectivity index (χ4v) is 2.88. The lowest BCUT2D eigenvalue weighted by molar-refractivity contribution is -0.133. The highest BCUT2D eigenvalue weighted by molar-refractivity contribution is 5.89. The predicted molar refractivity (Wildman–Crippen MR) is 78.1 cm³/mol. The maximum Gasteiger partial charge on any atom is 0.244 e. The van der Waals surface area contributed by atoms with E-state index in [9.17, 15) is 9.59 Å². The van der Waals surface area contributed by atoms with Gasteiger partial charge in [-0.25, -0.2) is 0 Å². The van der Waals surface area contributed by atoms with Crippen LogP contribution in [-0.2, 0) is 22.4 Å². The lowest BCUT2D eigenvalue weighted by Crippen LogP contribution is -2.43. The van der Waals surface area contributed by atoms with Crippen molar-refractivity contribution in [3.8, 4) is 5.75 Å². The second kappa shape index (κ2) is 5.76. The first-order valence-corrected chi connectivity index (χ1v) is 7.46. The molecule has 0 saturated carbocycles. The van der Waals surface area contributed by atoms with Crippen molar-refractivity contribution in [2.75, 3.05) is 19.7 Å². The summed E-state index contributed by atoms with van der Waals surface area (Å²) in [5.41, 5.74) is 2.46. The number of nitrogens with zero attached hydrogens (tertiary/aromatic N) is 1. The van der Waals surface area contributed by atoms with Gasteiger partial charge < -0.3 is 15.0 Å². The van der Waals surface area contributed by atoms with E-state index in [-0.39, 0.29) is 11.8 Å². The highest BCUT2D eigenvalue weighted by atomic mass is 16.5. The molecule has 1 fully saturated rings. The van der Waals surface area contributed by atoms with Crippen LogP contribution in [0.15, 0.2) is 18.2 Å². The Morgan fingerprint density at radius 1 is 1.33 bits per heavy atom. The van der Waals surface area contributed by atoms with Gasteiger partial charge in [0.15, 0.2) is 0 Å². The number of hydrogen-bond donors (Lipinski definition) is 1. The zero-order chi connectivity index (χ0) is 14.8. The fourth-order valence-electron chi connectivity index (χ4n) is 2.88. The molecule has 2 amide bonds. The Kier molecular flexibility index (Phi) is 3.82. The molecule has 0 aliphatic carbocycles. The lowest BCUT2D eigenvalue weighted by atomic mass is 10.1. The molecule has 0 bridgehead atoms. The Labute approximate surface area is 124 Å². The van der Waals surface area contributed by atoms with E-state index in [0.717, 1.165) is 25.2 Å². The Balaban J connectivity index is 1.64. The van der Waals surface area contributed by atoms with Gasteiger partial charge in [-0.1, -0.05) is 12.1 Å². The molecule has 2 heterocycles. The smallest absolute Gasteiger partial charge is 0.244 e. The van der Waals surface area contributed by atoms with Crippen molar-refractivity contribution in [3.05, 3.63) is 29.3 Å². The van der Waals surface area contributed by atoms with Crippen molar-refractivity contribution < 1.29 is 14.3 Å². The van der Waals surface area contributed by atoms with E-state index in [4.69, 9.17) is 4.74 Å². The van der Waals surface area contributed by atoms with Gasteiger partial charge in [0.2, 0.25) is 11.8 Å². The molecule has 2 aliphatic rings. The molecular weight excluding hydrogens is 268 g/mol. The molecule has 3 rings (SSSR count). The molecule has 112 valence electrons. The zero-order valence-corrected chi connectivity index (χ0v) is 12.2. The average Bonchev–Trinajstić information content (AvgIpc) is 2.89. The van der Waals surface area contributed by atoms with Crippen molar-refractivity contribution in [3.63, 3.8) is 0 Å². The maximum absolute atomic E-state index is 12.2. The first-order valence-electron chi connectivity index (χ1n) is 7.46. The molecule has 0 spiro atoms. The number of carbonyl (C=O) groups is 2. The SMILES string of the molecule is CC1NC(=O)CCN(CCc2ccc3c(c2)CCO3)C1=O. The Hall–Kier alpha value is -2.04. The molecule has 1 saturated heterocycles. The number of hydrogen-bond acceptors (Lipinski definition) is 3. The van der Waals surface area contributed by atoms with E-state index < -0.39 is 6.04 Å². The van der Waals surface area contributed by atoms with Gasteiger partial charge in [-0.3, -0.25) is 9.59 Å². The van der Waals surface area contributed by atoms with Crippen LogP contribution in [0.1, 0.15) is 24.5 Å². The van der Waals surface area contributed by atoms with Crippen molar-refractivity contribution in [1.82, 2.24) is 10.2 Å². The summed E-state index contributed by atoms with van der Waals surface area (Å²) in [6.45, 7) is 3.65. The van der Waals surface area contributed by atoms with Crippen LogP contribution in [-0.4, -0.2) is 42.5 Å². The normalized spacial score (nSPS) is 21.6. The summed E-state index contributed by atoms with van der Waals surface area (Å²) < 4.78 is 5.50. The molecule has 1 aromatic rings. The van der Waals surface area contributed by atoms with E-state index in [0.29, 0.717) is 19.5 Å². The largest absolute Gasteiger partial charge is 0.493 e. The van der Waals surface area contributed by atoms with E-state index in [1.165, 1.54) is 11.1 Å². The summed E-state index contributed by atoms with van der Waals surface area (Å²) >= 11 is 0. The van der Waals surface area contributed by atoms with Gasteiger partial charge in [-0.15, -0.1) is 0 Å². The zero-order valence-electron chi connectivity index (χ0n) is 12.2. The molecule has 1 atom stereocenters. The van der Waals surface area contributed by atoms with Crippen molar-refractivity contribution in [1.29, 1.82) is 0 Å². The van der Waals surface area contributed by atoms with Gasteiger partial charge in [0.05, 0.1) is 6.61 Å². The van der Waals surface area contributed by atoms with Crippen molar-refractivity contribution in [2.24, 2.45) is 0 Å². The van der Waals surface area contributed by atoms with Crippen molar-refractivity contribution >= 4 is 11.8 Å². The minimum atomic E-state index is -0.423. The van der Waals surface area contributed by atoms with Crippen LogP contribution in [0.25, 0.3) is 0 Å². The average molecular weight is 288 g/mol. The minimum Gasteiger partial charge on any atom is -0.493 e. The van der Waals surface area contributed by atoms with Gasteiger partial charge >= 0.3 is 0 Å². The Bertz CT molecular complexity index is 571. The molecule has 21 heavy (non-hydrogen) atoms. The van der Waals surface area contributed by atoms with Crippen LogP contribution in [0.4, 0.5) is 0 Å². The standard InChI is InChI=1S/C16H20N2O3/c1-11-16(20)18(8-5-15(19)17-11)7-4-12-2-3-14-13(10-12)6-9-21-14/h2-3,10-11H,4-9H2,1H3,(H,17,19). The van der Waals surface area contributed by atoms with E-state index in [1.54, 1.807) is 11.8 Å². The molecule has 5 heteroatoms. The topological polar surface area (TPSA) is 58.6 Å². The fraction of sp³-hybridized carbons (Fsp3) is 0.500. The summed E-state index contributed by atoms with van der Waals surface area (Å²) in [5, 5.41) is 2.71. The van der Waals surface area contributed by atoms with E-state index in [1.807, 2.05) is 6.07 Å². The quantitative estimate of drug-likeness (QED) is 0.899. The van der Waals surface area contributed by atoms with Gasteiger partial charge in [0.25, 0.3) is 0 Å². The Morgan fingerprint density at radius 2 is 2.19 bits per heavy atom. The van der Waals surface area contributed by atoms with Gasteiger partial charge in [0.1, 0.15) is 11.8 Å². The van der Waals surface area contributed by atoms with Gasteiger partial charge in [-0.2, -0.15) is 0 Å². The monoisotopic (exact) mass is 288 g/mol. The van der Waals surface area contributed by atoms with Crippen molar-refractivity contribution in [2.45, 2.75) is 32.2 Å². The number of nitrogens with one attached hydrogen (secondary N) is 1. The number of rotatable bonds is 3. The molecule has 1 N–H and O–H groups in total. The molecule has 0 aromatic heterocycles. The summed E-state index contributed by atoms with van der Waals surface area (Å²) in [4.78, 5) is 25.5. The van der Waals surface area contributed by atoms with Crippen LogP contribution >= 0.6 is 0 Å². The molecular formula is C16H20N2O3. The maximum atomic E-state index is 12.2. The number of fused-ring (bicyclic) bond motifs is 1. The highest BCUT2D eigenvalue weighted by Crippen LogP contribution is 2.26. The third kappa shape index (κ3) is 3.01. The summed E-state index contributed by atoms with van der Waals surface area (Å²) in [5.74, 6) is 0.936. The highest BCUT2D eigenvalue weighted by Gasteiger charge is 2.26. The second-order valence-corrected chi connectivity index (χ2v) is 5.66. The van der Waals surface area contributed by atoms with Crippen LogP contribution in [0.2, 0.25) is 0 Å². The van der Waals surface area contributed by atoms with Gasteiger partial charge in [-0.05, 0) is 30.5 Å². The van der Waals surface area contributed by atoms with E-state index >= 15 is 0 Å². The van der Waals surface area contributed by atoms with Crippen LogP contribution < -0.4 is 10.1 Å². The van der Waals surface area contributed by atoms with Crippen LogP contribution in [0.3, 0.4) is 0 Å². The number of benzene rings is 1. The summed E-state index contributed by atoms with van der Waals surface area (Å²) in [6.07, 6.45) is 2.15. The number of carbonyl (C=O) groups excluding carboxylic acids is 2. The molecule has 1 aromatic carbocycles. The third-order valence-electron chi connectivity index (χ3n) is 4.09. The first kappa shape index (κ1) is 13.9. The Morgan fingerprint density at radius 3 is 3.05 bits per heavy atom. The molecule has 0 radical (unpaired) electrons. The van der Waals surface area contributed by atoms with E-state index in [2.05, 4.69) is 17.4 Å². The summed E-state index contributed by atoms with van der Waals surface area (Å²) in [7, 11) is 0. The van der Waals surface area contributed by atoms with Gasteiger partial charge in [0, 0.05) is 25.9 Å². The van der Waals surface area contributed by atoms with Crippen LogP contribution in [0.5, 0.6) is 5.75 Å². The van der Waals surface area contributed by atoms with Crippen LogP contribution in [0, 0.1) is 0 Å². The molecule has 2 aliphatic heterocycles. The second-order valence-electron chi connectivity index (χ2n) is 5.66. The number of amides is 2. The minimum absolute atomic E-state index is 0.00495. The lowest BCUT2D eigenvalue weighted by Gasteiger charge is -2.22. The first-order chi connectivity index (χ1) is 10.1. The third-order valence-corrected chi connectivity index (χ3v) is 4.09. The summed E-state index contributed by atoms with van der Waals surface area (Å²) in [6, 6.07) is 5.81. The predicted octanol–water partition coefficient (Wildman–Crippen LogP) is 0.901. The molecule has 5 nitrogen and oxygen atoms in total. The molecule has 1 unspecified atom stereocenters.